The summed E-state index contributed by atoms with van der Waals surface area (Å²) in [6.07, 6.45) is 9.11. The highest BCUT2D eigenvalue weighted by Gasteiger charge is 2.22. The fourth-order valence-corrected chi connectivity index (χ4v) is 2.88. The van der Waals surface area contributed by atoms with Crippen LogP contribution in [0.3, 0.4) is 0 Å². The van der Waals surface area contributed by atoms with E-state index < -0.39 is 9.84 Å². The second kappa shape index (κ2) is 6.58. The van der Waals surface area contributed by atoms with E-state index >= 15 is 0 Å². The number of hydrogen-bond acceptors (Lipinski definition) is 3. The molecule has 0 radical (unpaired) electrons. The monoisotopic (exact) mass is 288 g/mol. The molecule has 0 aromatic heterocycles. The van der Waals surface area contributed by atoms with E-state index in [1.807, 2.05) is 6.08 Å². The Morgan fingerprint density at radius 2 is 2.05 bits per heavy atom. The summed E-state index contributed by atoms with van der Waals surface area (Å²) in [6.45, 7) is 0.0313. The molecule has 0 bridgehead atoms. The molecule has 0 heterocycles. The maximum atomic E-state index is 12.5. The van der Waals surface area contributed by atoms with E-state index in [1.165, 1.54) is 0 Å². The van der Waals surface area contributed by atoms with E-state index in [0.29, 0.717) is 5.92 Å². The van der Waals surface area contributed by atoms with Crippen molar-refractivity contribution in [1.82, 2.24) is 0 Å². The van der Waals surface area contributed by atoms with Gasteiger partial charge in [-0.3, -0.25) is 0 Å². The molecule has 0 amide bonds. The third-order valence-corrected chi connectivity index (χ3v) is 4.68. The quantitative estimate of drug-likeness (QED) is 0.459. The first-order valence-electron chi connectivity index (χ1n) is 6.41. The minimum absolute atomic E-state index is 0.0509. The van der Waals surface area contributed by atoms with Crippen LogP contribution in [-0.4, -0.2) is 21.6 Å². The van der Waals surface area contributed by atoms with Crippen molar-refractivity contribution in [2.24, 2.45) is 5.92 Å². The number of sulfone groups is 1. The van der Waals surface area contributed by atoms with Crippen molar-refractivity contribution in [1.29, 1.82) is 0 Å². The first-order valence-corrected chi connectivity index (χ1v) is 7.90. The molecule has 20 heavy (non-hydrogen) atoms. The molecule has 1 fully saturated rings. The minimum atomic E-state index is -3.57. The first-order chi connectivity index (χ1) is 9.64. The van der Waals surface area contributed by atoms with Gasteiger partial charge in [0, 0.05) is 0 Å². The van der Waals surface area contributed by atoms with Gasteiger partial charge in [-0.1, -0.05) is 24.1 Å². The van der Waals surface area contributed by atoms with Gasteiger partial charge in [0.1, 0.15) is 11.5 Å². The lowest BCUT2D eigenvalue weighted by Crippen LogP contribution is -2.10. The third kappa shape index (κ3) is 3.85. The van der Waals surface area contributed by atoms with Crippen molar-refractivity contribution in [3.63, 3.8) is 0 Å². The van der Waals surface area contributed by atoms with Crippen LogP contribution in [0.2, 0.25) is 0 Å². The average molecular weight is 288 g/mol. The second-order valence-electron chi connectivity index (χ2n) is 4.59. The Hall–Kier alpha value is -1.79. The lowest BCUT2D eigenvalue weighted by atomic mass is 10.4. The van der Waals surface area contributed by atoms with Crippen molar-refractivity contribution in [3.8, 4) is 12.3 Å². The molecule has 2 rings (SSSR count). The molecule has 0 N–H and O–H groups in total. The van der Waals surface area contributed by atoms with Crippen molar-refractivity contribution >= 4 is 9.84 Å². The molecule has 0 atom stereocenters. The normalized spacial score (nSPS) is 14.2. The third-order valence-electron chi connectivity index (χ3n) is 2.90. The summed E-state index contributed by atoms with van der Waals surface area (Å²) < 4.78 is 30.2. The summed E-state index contributed by atoms with van der Waals surface area (Å²) in [6, 6.07) is 8.29. The fraction of sp³-hybridized carbons (Fsp3) is 0.312. The Labute approximate surface area is 119 Å². The van der Waals surface area contributed by atoms with Gasteiger partial charge in [-0.2, -0.15) is 0 Å². The van der Waals surface area contributed by atoms with E-state index in [2.05, 4.69) is 11.7 Å². The lowest BCUT2D eigenvalue weighted by molar-refractivity contribution is 0.196. The van der Waals surface area contributed by atoms with E-state index in [0.717, 1.165) is 12.8 Å². The number of benzene rings is 1. The molecule has 0 saturated heterocycles. The van der Waals surface area contributed by atoms with Crippen LogP contribution >= 0.6 is 0 Å². The predicted molar refractivity (Wildman–Crippen MR) is 77.6 cm³/mol. The van der Waals surface area contributed by atoms with Crippen molar-refractivity contribution in [3.05, 3.63) is 47.0 Å². The van der Waals surface area contributed by atoms with Crippen LogP contribution in [0.1, 0.15) is 12.8 Å². The van der Waals surface area contributed by atoms with Crippen LogP contribution in [0.5, 0.6) is 0 Å². The Morgan fingerprint density at radius 3 is 2.65 bits per heavy atom. The molecule has 0 aliphatic heterocycles. The molecular formula is C16H16O3S. The maximum Gasteiger partial charge on any atom is 0.212 e. The molecule has 0 spiro atoms. The van der Waals surface area contributed by atoms with E-state index in [4.69, 9.17) is 11.2 Å². The standard InChI is InChI=1S/C16H16O3S/c1-2-12-19-13-16(11-10-14-8-9-14)20(17,18)15-6-4-3-5-7-15/h1,3-7,10,14H,8-9,12-13H2. The zero-order chi connectivity index (χ0) is 14.4. The van der Waals surface area contributed by atoms with E-state index in [1.54, 1.807) is 30.3 Å². The van der Waals surface area contributed by atoms with Crippen molar-refractivity contribution in [2.75, 3.05) is 13.2 Å². The van der Waals surface area contributed by atoms with E-state index in [-0.39, 0.29) is 23.0 Å². The van der Waals surface area contributed by atoms with Crippen LogP contribution in [0, 0.1) is 18.3 Å². The topological polar surface area (TPSA) is 43.4 Å². The second-order valence-corrected chi connectivity index (χ2v) is 6.56. The van der Waals surface area contributed by atoms with Gasteiger partial charge in [-0.15, -0.1) is 12.2 Å². The molecular weight excluding hydrogens is 272 g/mol. The average Bonchev–Trinajstić information content (AvgIpc) is 3.27. The van der Waals surface area contributed by atoms with E-state index in [9.17, 15) is 8.42 Å². The molecule has 1 aromatic carbocycles. The zero-order valence-corrected chi connectivity index (χ0v) is 11.9. The molecule has 1 aliphatic rings. The van der Waals surface area contributed by atoms with Gasteiger partial charge in [0.25, 0.3) is 0 Å². The number of rotatable bonds is 6. The number of ether oxygens (including phenoxy) is 1. The zero-order valence-electron chi connectivity index (χ0n) is 11.1. The molecule has 1 aromatic rings. The van der Waals surface area contributed by atoms with Gasteiger partial charge in [0.15, 0.2) is 0 Å². The summed E-state index contributed by atoms with van der Waals surface area (Å²) >= 11 is 0. The smallest absolute Gasteiger partial charge is 0.212 e. The fourth-order valence-electron chi connectivity index (χ4n) is 1.62. The highest BCUT2D eigenvalue weighted by atomic mass is 32.2. The summed E-state index contributed by atoms with van der Waals surface area (Å²) in [5, 5.41) is 0. The van der Waals surface area contributed by atoms with Crippen molar-refractivity contribution < 1.29 is 13.2 Å². The molecule has 1 saturated carbocycles. The van der Waals surface area contributed by atoms with Crippen LogP contribution in [-0.2, 0) is 14.6 Å². The van der Waals surface area contributed by atoms with Crippen LogP contribution in [0.25, 0.3) is 0 Å². The Bertz CT molecular complexity index is 655. The number of terminal acetylenes is 1. The summed E-state index contributed by atoms with van der Waals surface area (Å²) in [7, 11) is -3.57. The SMILES string of the molecule is C#CCOCC(=C=CC1CC1)S(=O)(=O)c1ccccc1. The molecule has 4 heteroatoms. The highest BCUT2D eigenvalue weighted by Crippen LogP contribution is 2.30. The minimum Gasteiger partial charge on any atom is -0.363 e. The van der Waals surface area contributed by atoms with Gasteiger partial charge in [-0.25, -0.2) is 8.42 Å². The Balaban J connectivity index is 2.30. The number of hydrogen-bond donors (Lipinski definition) is 0. The largest absolute Gasteiger partial charge is 0.363 e. The van der Waals surface area contributed by atoms with Crippen molar-refractivity contribution in [2.45, 2.75) is 17.7 Å². The summed E-state index contributed by atoms with van der Waals surface area (Å²) in [5.41, 5.74) is 2.89. The highest BCUT2D eigenvalue weighted by molar-refractivity contribution is 7.95. The Kier molecular flexibility index (Phi) is 4.81. The van der Waals surface area contributed by atoms with Crippen LogP contribution in [0.4, 0.5) is 0 Å². The van der Waals surface area contributed by atoms with Gasteiger partial charge < -0.3 is 4.74 Å². The molecule has 104 valence electrons. The molecule has 3 nitrogen and oxygen atoms in total. The maximum absolute atomic E-state index is 12.5. The predicted octanol–water partition coefficient (Wildman–Crippen LogP) is 2.56. The summed E-state index contributed by atoms with van der Waals surface area (Å²) in [4.78, 5) is 0.377. The molecule has 1 aliphatic carbocycles. The summed E-state index contributed by atoms with van der Waals surface area (Å²) in [5.74, 6) is 2.77. The van der Waals surface area contributed by atoms with Crippen LogP contribution < -0.4 is 0 Å². The van der Waals surface area contributed by atoms with Gasteiger partial charge in [0.2, 0.25) is 9.84 Å². The Morgan fingerprint density at radius 1 is 1.35 bits per heavy atom. The van der Waals surface area contributed by atoms with Gasteiger partial charge in [0.05, 0.1) is 11.5 Å². The van der Waals surface area contributed by atoms with Gasteiger partial charge in [-0.05, 0) is 37.0 Å². The lowest BCUT2D eigenvalue weighted by Gasteiger charge is -2.06. The van der Waals surface area contributed by atoms with Crippen LogP contribution in [0.15, 0.2) is 51.9 Å². The molecule has 0 unspecified atom stereocenters. The van der Waals surface area contributed by atoms with Gasteiger partial charge >= 0.3 is 0 Å². The first kappa shape index (κ1) is 14.6.